The minimum Gasteiger partial charge on any atom is -0.399 e. The zero-order valence-electron chi connectivity index (χ0n) is 14.3. The molecule has 134 valence electrons. The number of hydrogen-bond donors (Lipinski definition) is 0. The first-order chi connectivity index (χ1) is 11.4. The van der Waals surface area contributed by atoms with Crippen LogP contribution in [0.2, 0.25) is 0 Å². The highest BCUT2D eigenvalue weighted by Crippen LogP contribution is 2.36. The number of benzene rings is 1. The molecule has 1 aromatic heterocycles. The molecule has 0 aliphatic carbocycles. The molecular formula is C16H18BF3N2O3. The zero-order valence-corrected chi connectivity index (χ0v) is 14.3. The predicted molar refractivity (Wildman–Crippen MR) is 87.8 cm³/mol. The number of alkyl halides is 3. The molecule has 0 radical (unpaired) electrons. The van der Waals surface area contributed by atoms with E-state index in [1.54, 1.807) is 12.1 Å². The Balaban J connectivity index is 1.97. The van der Waals surface area contributed by atoms with Gasteiger partial charge in [0.2, 0.25) is 0 Å². The molecule has 0 bridgehead atoms. The van der Waals surface area contributed by atoms with Gasteiger partial charge in [0.25, 0.3) is 5.56 Å². The molecule has 2 heterocycles. The van der Waals surface area contributed by atoms with E-state index < -0.39 is 36.6 Å². The SMILES string of the molecule is CC1(C)OB(c2ccc3c(=O)n(CC(F)(F)F)cnc3c2)OC1(C)C. The van der Waals surface area contributed by atoms with Gasteiger partial charge in [0.1, 0.15) is 6.54 Å². The van der Waals surface area contributed by atoms with Crippen molar-refractivity contribution < 1.29 is 22.5 Å². The molecule has 25 heavy (non-hydrogen) atoms. The van der Waals surface area contributed by atoms with Crippen molar-refractivity contribution in [2.24, 2.45) is 0 Å². The Morgan fingerprint density at radius 1 is 1.16 bits per heavy atom. The van der Waals surface area contributed by atoms with E-state index in [0.717, 1.165) is 6.33 Å². The van der Waals surface area contributed by atoms with E-state index in [-0.39, 0.29) is 5.39 Å². The van der Waals surface area contributed by atoms with E-state index >= 15 is 0 Å². The first-order valence-electron chi connectivity index (χ1n) is 7.81. The highest BCUT2D eigenvalue weighted by molar-refractivity contribution is 6.62. The lowest BCUT2D eigenvalue weighted by atomic mass is 9.79. The van der Waals surface area contributed by atoms with Crippen molar-refractivity contribution in [1.29, 1.82) is 0 Å². The Bertz CT molecular complexity index is 861. The third-order valence-electron chi connectivity index (χ3n) is 4.72. The third kappa shape index (κ3) is 3.30. The molecule has 5 nitrogen and oxygen atoms in total. The first-order valence-corrected chi connectivity index (χ1v) is 7.81. The van der Waals surface area contributed by atoms with Gasteiger partial charge in [0, 0.05) is 0 Å². The number of hydrogen-bond acceptors (Lipinski definition) is 4. The molecule has 1 aliphatic rings. The molecule has 2 aromatic rings. The Morgan fingerprint density at radius 3 is 2.32 bits per heavy atom. The Morgan fingerprint density at radius 2 is 1.76 bits per heavy atom. The van der Waals surface area contributed by atoms with Gasteiger partial charge in [0.05, 0.1) is 28.4 Å². The van der Waals surface area contributed by atoms with Crippen LogP contribution in [0.1, 0.15) is 27.7 Å². The first kappa shape index (κ1) is 17.9. The molecule has 1 aliphatic heterocycles. The number of nitrogens with zero attached hydrogens (tertiary/aromatic N) is 2. The molecule has 0 unspecified atom stereocenters. The average Bonchev–Trinajstić information content (AvgIpc) is 2.69. The van der Waals surface area contributed by atoms with E-state index in [0.29, 0.717) is 15.5 Å². The van der Waals surface area contributed by atoms with E-state index in [1.165, 1.54) is 6.07 Å². The van der Waals surface area contributed by atoms with Crippen LogP contribution >= 0.6 is 0 Å². The van der Waals surface area contributed by atoms with E-state index in [9.17, 15) is 18.0 Å². The average molecular weight is 354 g/mol. The van der Waals surface area contributed by atoms with Gasteiger partial charge in [-0.3, -0.25) is 9.36 Å². The van der Waals surface area contributed by atoms with Crippen molar-refractivity contribution in [3.05, 3.63) is 34.9 Å². The van der Waals surface area contributed by atoms with Gasteiger partial charge in [-0.1, -0.05) is 6.07 Å². The molecular weight excluding hydrogens is 336 g/mol. The van der Waals surface area contributed by atoms with Crippen LogP contribution in [0.4, 0.5) is 13.2 Å². The van der Waals surface area contributed by atoms with Gasteiger partial charge in [0.15, 0.2) is 0 Å². The Hall–Kier alpha value is -1.87. The van der Waals surface area contributed by atoms with Crippen LogP contribution in [0.3, 0.4) is 0 Å². The fraction of sp³-hybridized carbons (Fsp3) is 0.500. The molecule has 0 spiro atoms. The van der Waals surface area contributed by atoms with Gasteiger partial charge < -0.3 is 9.31 Å². The topological polar surface area (TPSA) is 53.4 Å². The largest absolute Gasteiger partial charge is 0.494 e. The van der Waals surface area contributed by atoms with Crippen LogP contribution in [0.5, 0.6) is 0 Å². The standard InChI is InChI=1S/C16H18BF3N2O3/c1-14(2)15(3,4)25-17(24-14)10-5-6-11-12(7-10)21-9-22(13(11)23)8-16(18,19)20/h5-7,9H,8H2,1-4H3. The van der Waals surface area contributed by atoms with Crippen molar-refractivity contribution in [1.82, 2.24) is 9.55 Å². The lowest BCUT2D eigenvalue weighted by molar-refractivity contribution is -0.141. The van der Waals surface area contributed by atoms with Crippen molar-refractivity contribution in [3.63, 3.8) is 0 Å². The molecule has 1 aromatic carbocycles. The van der Waals surface area contributed by atoms with Crippen LogP contribution in [0.15, 0.2) is 29.3 Å². The normalized spacial score (nSPS) is 19.6. The van der Waals surface area contributed by atoms with Gasteiger partial charge in [-0.2, -0.15) is 13.2 Å². The Kier molecular flexibility index (Phi) is 4.00. The van der Waals surface area contributed by atoms with Crippen LogP contribution in [0, 0.1) is 0 Å². The fourth-order valence-corrected chi connectivity index (χ4v) is 2.61. The van der Waals surface area contributed by atoms with Crippen molar-refractivity contribution in [3.8, 4) is 0 Å². The van der Waals surface area contributed by atoms with Crippen LogP contribution in [0.25, 0.3) is 10.9 Å². The van der Waals surface area contributed by atoms with Crippen LogP contribution in [-0.2, 0) is 15.9 Å². The molecule has 3 rings (SSSR count). The smallest absolute Gasteiger partial charge is 0.399 e. The summed E-state index contributed by atoms with van der Waals surface area (Å²) in [7, 11) is -0.631. The highest BCUT2D eigenvalue weighted by Gasteiger charge is 2.51. The molecule has 1 saturated heterocycles. The fourth-order valence-electron chi connectivity index (χ4n) is 2.61. The molecule has 1 fully saturated rings. The van der Waals surface area contributed by atoms with Gasteiger partial charge in [-0.05, 0) is 45.3 Å². The molecule has 0 amide bonds. The zero-order chi connectivity index (χ0) is 18.6. The maximum atomic E-state index is 12.5. The molecule has 0 saturated carbocycles. The summed E-state index contributed by atoms with van der Waals surface area (Å²) in [6.45, 7) is 6.31. The van der Waals surface area contributed by atoms with Gasteiger partial charge in [-0.25, -0.2) is 4.98 Å². The summed E-state index contributed by atoms with van der Waals surface area (Å²) in [5.41, 5.74) is -0.808. The van der Waals surface area contributed by atoms with Crippen LogP contribution < -0.4 is 11.0 Å². The number of rotatable bonds is 2. The number of aromatic nitrogens is 2. The summed E-state index contributed by atoms with van der Waals surface area (Å²) in [6, 6.07) is 4.68. The molecule has 0 N–H and O–H groups in total. The Labute approximate surface area is 142 Å². The summed E-state index contributed by atoms with van der Waals surface area (Å²) in [5.74, 6) is 0. The van der Waals surface area contributed by atoms with Crippen molar-refractivity contribution >= 4 is 23.5 Å². The van der Waals surface area contributed by atoms with Crippen LogP contribution in [-0.4, -0.2) is 34.0 Å². The highest BCUT2D eigenvalue weighted by atomic mass is 19.4. The summed E-state index contributed by atoms with van der Waals surface area (Å²) in [4.78, 5) is 16.2. The maximum absolute atomic E-state index is 12.5. The van der Waals surface area contributed by atoms with Crippen molar-refractivity contribution in [2.45, 2.75) is 51.6 Å². The van der Waals surface area contributed by atoms with Gasteiger partial charge >= 0.3 is 13.3 Å². The number of halogens is 3. The summed E-state index contributed by atoms with van der Waals surface area (Å²) in [6.07, 6.45) is -3.58. The van der Waals surface area contributed by atoms with E-state index in [1.807, 2.05) is 27.7 Å². The molecule has 0 atom stereocenters. The van der Waals surface area contributed by atoms with E-state index in [2.05, 4.69) is 4.98 Å². The third-order valence-corrected chi connectivity index (χ3v) is 4.72. The summed E-state index contributed by atoms with van der Waals surface area (Å²) < 4.78 is 50.0. The number of fused-ring (bicyclic) bond motifs is 1. The minimum atomic E-state index is -4.48. The lowest BCUT2D eigenvalue weighted by Gasteiger charge is -2.32. The quantitative estimate of drug-likeness (QED) is 0.777. The lowest BCUT2D eigenvalue weighted by Crippen LogP contribution is -2.41. The summed E-state index contributed by atoms with van der Waals surface area (Å²) >= 11 is 0. The predicted octanol–water partition coefficient (Wildman–Crippen LogP) is 2.26. The summed E-state index contributed by atoms with van der Waals surface area (Å²) in [5, 5.41) is 0.118. The second-order valence-corrected chi connectivity index (χ2v) is 7.16. The monoisotopic (exact) mass is 354 g/mol. The van der Waals surface area contributed by atoms with Gasteiger partial charge in [-0.15, -0.1) is 0 Å². The van der Waals surface area contributed by atoms with Crippen molar-refractivity contribution in [2.75, 3.05) is 0 Å². The molecule has 9 heteroatoms. The second kappa shape index (κ2) is 5.57. The maximum Gasteiger partial charge on any atom is 0.494 e. The van der Waals surface area contributed by atoms with E-state index in [4.69, 9.17) is 9.31 Å². The second-order valence-electron chi connectivity index (χ2n) is 7.16. The minimum absolute atomic E-state index is 0.118.